The zero-order valence-electron chi connectivity index (χ0n) is 17.0. The molecule has 1 fully saturated rings. The minimum Gasteiger partial charge on any atom is -0.457 e. The third kappa shape index (κ3) is 3.84. The van der Waals surface area contributed by atoms with Gasteiger partial charge in [0.05, 0.1) is 11.0 Å². The van der Waals surface area contributed by atoms with E-state index in [9.17, 15) is 9.59 Å². The highest BCUT2D eigenvalue weighted by atomic mass is 16.5. The fourth-order valence-electron chi connectivity index (χ4n) is 4.24. The summed E-state index contributed by atoms with van der Waals surface area (Å²) in [6.07, 6.45) is 1.51. The standard InChI is InChI=1S/C25H23N3O3/c29-24(18-10-12-21(13-11-18)31-20-6-2-1-3-7-20)27-16-14-19(15-17-27)28-23-9-5-4-8-22(23)26-25(28)30/h1-13,19H,14-17H2,(H,26,30). The number of likely N-dealkylation sites (tertiary alicyclic amines) is 1. The Morgan fingerprint density at radius 3 is 2.23 bits per heavy atom. The molecule has 0 saturated carbocycles. The number of nitrogens with zero attached hydrogens (tertiary/aromatic N) is 2. The second-order valence-corrected chi connectivity index (χ2v) is 7.78. The highest BCUT2D eigenvalue weighted by Crippen LogP contribution is 2.26. The van der Waals surface area contributed by atoms with Gasteiger partial charge in [-0.2, -0.15) is 0 Å². The highest BCUT2D eigenvalue weighted by Gasteiger charge is 2.26. The van der Waals surface area contributed by atoms with Crippen LogP contribution in [0, 0.1) is 0 Å². The highest BCUT2D eigenvalue weighted by molar-refractivity contribution is 5.94. The Labute approximate surface area is 179 Å². The van der Waals surface area contributed by atoms with Crippen molar-refractivity contribution in [2.24, 2.45) is 0 Å². The van der Waals surface area contributed by atoms with Crippen LogP contribution < -0.4 is 10.4 Å². The first-order chi connectivity index (χ1) is 15.2. The molecule has 1 aromatic heterocycles. The van der Waals surface area contributed by atoms with E-state index in [0.29, 0.717) is 24.4 Å². The number of rotatable bonds is 4. The Morgan fingerprint density at radius 1 is 0.839 bits per heavy atom. The van der Waals surface area contributed by atoms with Crippen LogP contribution in [0.4, 0.5) is 0 Å². The van der Waals surface area contributed by atoms with E-state index in [1.54, 1.807) is 12.1 Å². The van der Waals surface area contributed by atoms with Crippen molar-refractivity contribution in [2.45, 2.75) is 18.9 Å². The zero-order valence-corrected chi connectivity index (χ0v) is 17.0. The fourth-order valence-corrected chi connectivity index (χ4v) is 4.24. The Morgan fingerprint density at radius 2 is 1.48 bits per heavy atom. The number of fused-ring (bicyclic) bond motifs is 1. The lowest BCUT2D eigenvalue weighted by molar-refractivity contribution is 0.0695. The number of benzene rings is 3. The normalized spacial score (nSPS) is 14.6. The molecule has 0 bridgehead atoms. The molecule has 0 spiro atoms. The molecule has 2 heterocycles. The lowest BCUT2D eigenvalue weighted by Crippen LogP contribution is -2.40. The summed E-state index contributed by atoms with van der Waals surface area (Å²) < 4.78 is 7.64. The third-order valence-electron chi connectivity index (χ3n) is 5.82. The molecule has 1 saturated heterocycles. The Bertz CT molecular complexity index is 1250. The number of imidazole rings is 1. The van der Waals surface area contributed by atoms with Crippen LogP contribution in [0.15, 0.2) is 83.7 Å². The molecule has 1 amide bonds. The van der Waals surface area contributed by atoms with Crippen LogP contribution in [0.5, 0.6) is 11.5 Å². The van der Waals surface area contributed by atoms with E-state index in [2.05, 4.69) is 4.98 Å². The number of amides is 1. The molecule has 4 aromatic rings. The Kier molecular flexibility index (Phi) is 5.04. The molecule has 31 heavy (non-hydrogen) atoms. The van der Waals surface area contributed by atoms with Crippen molar-refractivity contribution in [3.05, 3.63) is 94.9 Å². The number of H-pyrrole nitrogens is 1. The van der Waals surface area contributed by atoms with E-state index in [0.717, 1.165) is 29.6 Å². The second-order valence-electron chi connectivity index (χ2n) is 7.78. The number of nitrogens with one attached hydrogen (secondary N) is 1. The van der Waals surface area contributed by atoms with Crippen LogP contribution >= 0.6 is 0 Å². The van der Waals surface area contributed by atoms with Gasteiger partial charge in [-0.1, -0.05) is 30.3 Å². The third-order valence-corrected chi connectivity index (χ3v) is 5.82. The van der Waals surface area contributed by atoms with Gasteiger partial charge in [0, 0.05) is 24.7 Å². The van der Waals surface area contributed by atoms with Crippen molar-refractivity contribution in [1.82, 2.24) is 14.5 Å². The first-order valence-corrected chi connectivity index (χ1v) is 10.5. The van der Waals surface area contributed by atoms with Crippen molar-refractivity contribution in [3.63, 3.8) is 0 Å². The number of ether oxygens (including phenoxy) is 1. The fraction of sp³-hybridized carbons (Fsp3) is 0.200. The number of aromatic amines is 1. The molecular formula is C25H23N3O3. The maximum atomic E-state index is 13.0. The number of aromatic nitrogens is 2. The molecule has 6 nitrogen and oxygen atoms in total. The van der Waals surface area contributed by atoms with Gasteiger partial charge in [0.15, 0.2) is 0 Å². The van der Waals surface area contributed by atoms with Crippen molar-refractivity contribution in [3.8, 4) is 11.5 Å². The van der Waals surface area contributed by atoms with Crippen LogP contribution in [-0.2, 0) is 0 Å². The smallest absolute Gasteiger partial charge is 0.326 e. The molecule has 5 rings (SSSR count). The first-order valence-electron chi connectivity index (χ1n) is 10.5. The van der Waals surface area contributed by atoms with Gasteiger partial charge in [0.1, 0.15) is 11.5 Å². The lowest BCUT2D eigenvalue weighted by Gasteiger charge is -2.32. The predicted octanol–water partition coefficient (Wildman–Crippen LogP) is 4.60. The molecule has 1 N–H and O–H groups in total. The predicted molar refractivity (Wildman–Crippen MR) is 120 cm³/mol. The minimum absolute atomic E-state index is 0.0102. The van der Waals surface area contributed by atoms with Crippen molar-refractivity contribution in [2.75, 3.05) is 13.1 Å². The molecule has 0 aliphatic carbocycles. The van der Waals surface area contributed by atoms with Crippen molar-refractivity contribution >= 4 is 16.9 Å². The summed E-state index contributed by atoms with van der Waals surface area (Å²) >= 11 is 0. The van der Waals surface area contributed by atoms with Crippen LogP contribution in [-0.4, -0.2) is 33.4 Å². The maximum absolute atomic E-state index is 13.0. The molecule has 156 valence electrons. The number of para-hydroxylation sites is 3. The lowest BCUT2D eigenvalue weighted by atomic mass is 10.0. The van der Waals surface area contributed by atoms with E-state index in [-0.39, 0.29) is 17.6 Å². The number of carbonyl (C=O) groups excluding carboxylic acids is 1. The number of hydrogen-bond donors (Lipinski definition) is 1. The molecule has 3 aromatic carbocycles. The average molecular weight is 413 g/mol. The molecule has 0 unspecified atom stereocenters. The molecule has 0 radical (unpaired) electrons. The molecule has 1 aliphatic heterocycles. The number of piperidine rings is 1. The van der Waals surface area contributed by atoms with Gasteiger partial charge in [-0.05, 0) is 61.4 Å². The van der Waals surface area contributed by atoms with E-state index in [1.807, 2.05) is 76.2 Å². The summed E-state index contributed by atoms with van der Waals surface area (Å²) in [5.74, 6) is 1.47. The van der Waals surface area contributed by atoms with Crippen LogP contribution in [0.2, 0.25) is 0 Å². The summed E-state index contributed by atoms with van der Waals surface area (Å²) in [4.78, 5) is 30.2. The summed E-state index contributed by atoms with van der Waals surface area (Å²) in [5, 5.41) is 0. The molecule has 0 atom stereocenters. The minimum atomic E-state index is -0.0834. The molecule has 6 heteroatoms. The van der Waals surface area contributed by atoms with Gasteiger partial charge in [-0.15, -0.1) is 0 Å². The van der Waals surface area contributed by atoms with Gasteiger partial charge in [0.2, 0.25) is 0 Å². The van der Waals surface area contributed by atoms with Crippen LogP contribution in [0.1, 0.15) is 29.2 Å². The first kappa shape index (κ1) is 19.2. The largest absolute Gasteiger partial charge is 0.457 e. The van der Waals surface area contributed by atoms with Crippen LogP contribution in [0.3, 0.4) is 0 Å². The summed E-state index contributed by atoms with van der Waals surface area (Å²) in [7, 11) is 0. The van der Waals surface area contributed by atoms with E-state index in [1.165, 1.54) is 0 Å². The maximum Gasteiger partial charge on any atom is 0.326 e. The summed E-state index contributed by atoms with van der Waals surface area (Å²) in [5.41, 5.74) is 2.33. The average Bonchev–Trinajstić information content (AvgIpc) is 3.15. The van der Waals surface area contributed by atoms with Crippen molar-refractivity contribution in [1.29, 1.82) is 0 Å². The Hall–Kier alpha value is -3.80. The van der Waals surface area contributed by atoms with Gasteiger partial charge in [0.25, 0.3) is 5.91 Å². The second kappa shape index (κ2) is 8.14. The van der Waals surface area contributed by atoms with Gasteiger partial charge >= 0.3 is 5.69 Å². The SMILES string of the molecule is O=C(c1ccc(Oc2ccccc2)cc1)N1CCC(n2c(=O)[nH]c3ccccc32)CC1. The quantitative estimate of drug-likeness (QED) is 0.532. The monoisotopic (exact) mass is 413 g/mol. The number of hydrogen-bond acceptors (Lipinski definition) is 3. The van der Waals surface area contributed by atoms with Gasteiger partial charge < -0.3 is 14.6 Å². The number of carbonyl (C=O) groups is 1. The van der Waals surface area contributed by atoms with Crippen molar-refractivity contribution < 1.29 is 9.53 Å². The molecule has 1 aliphatic rings. The Balaban J connectivity index is 1.25. The van der Waals surface area contributed by atoms with E-state index in [4.69, 9.17) is 4.74 Å². The zero-order chi connectivity index (χ0) is 21.2. The molecular weight excluding hydrogens is 390 g/mol. The van der Waals surface area contributed by atoms with Gasteiger partial charge in [-0.3, -0.25) is 9.36 Å². The van der Waals surface area contributed by atoms with E-state index >= 15 is 0 Å². The summed E-state index contributed by atoms with van der Waals surface area (Å²) in [6.45, 7) is 1.25. The van der Waals surface area contributed by atoms with E-state index < -0.39 is 0 Å². The van der Waals surface area contributed by atoms with Gasteiger partial charge in [-0.25, -0.2) is 4.79 Å². The van der Waals surface area contributed by atoms with Crippen LogP contribution in [0.25, 0.3) is 11.0 Å². The summed E-state index contributed by atoms with van der Waals surface area (Å²) in [6, 6.07) is 24.6. The topological polar surface area (TPSA) is 67.3 Å².